The molecule has 1 unspecified atom stereocenters. The third-order valence-corrected chi connectivity index (χ3v) is 5.38. The lowest BCUT2D eigenvalue weighted by molar-refractivity contribution is 0.145. The van der Waals surface area contributed by atoms with Crippen LogP contribution >= 0.6 is 0 Å². The summed E-state index contributed by atoms with van der Waals surface area (Å²) < 4.78 is 0. The van der Waals surface area contributed by atoms with Gasteiger partial charge in [-0.1, -0.05) is 12.1 Å². The van der Waals surface area contributed by atoms with Gasteiger partial charge in [-0.25, -0.2) is 9.97 Å². The van der Waals surface area contributed by atoms with Crippen LogP contribution in [-0.4, -0.2) is 45.5 Å². The van der Waals surface area contributed by atoms with E-state index < -0.39 is 0 Å². The summed E-state index contributed by atoms with van der Waals surface area (Å²) in [5, 5.41) is 4.71. The molecule has 1 atom stereocenters. The number of pyridine rings is 1. The van der Waals surface area contributed by atoms with E-state index >= 15 is 0 Å². The summed E-state index contributed by atoms with van der Waals surface area (Å²) in [7, 11) is 0. The Labute approximate surface area is 160 Å². The number of benzene rings is 1. The van der Waals surface area contributed by atoms with Crippen molar-refractivity contribution in [3.05, 3.63) is 48.8 Å². The van der Waals surface area contributed by atoms with Crippen LogP contribution in [0.3, 0.4) is 0 Å². The molecule has 27 heavy (non-hydrogen) atoms. The van der Waals surface area contributed by atoms with E-state index in [-0.39, 0.29) is 0 Å². The summed E-state index contributed by atoms with van der Waals surface area (Å²) in [5.41, 5.74) is 1.96. The number of piperidine rings is 1. The minimum Gasteiger partial charge on any atom is -0.369 e. The van der Waals surface area contributed by atoms with Gasteiger partial charge in [0, 0.05) is 42.5 Å². The van der Waals surface area contributed by atoms with Crippen molar-refractivity contribution in [1.29, 1.82) is 0 Å². The highest BCUT2D eigenvalue weighted by atomic mass is 15.2. The average molecular weight is 361 g/mol. The van der Waals surface area contributed by atoms with Gasteiger partial charge in [0.2, 0.25) is 0 Å². The quantitative estimate of drug-likeness (QED) is 0.737. The Balaban J connectivity index is 1.59. The summed E-state index contributed by atoms with van der Waals surface area (Å²) in [6.45, 7) is 7.89. The van der Waals surface area contributed by atoms with Crippen molar-refractivity contribution >= 4 is 16.7 Å². The molecule has 0 amide bonds. The maximum atomic E-state index is 4.85. The van der Waals surface area contributed by atoms with E-state index in [9.17, 15) is 0 Å². The van der Waals surface area contributed by atoms with E-state index in [4.69, 9.17) is 9.97 Å². The Kier molecular flexibility index (Phi) is 5.30. The summed E-state index contributed by atoms with van der Waals surface area (Å²) in [4.78, 5) is 16.3. The van der Waals surface area contributed by atoms with E-state index in [1.54, 1.807) is 12.4 Å². The molecule has 0 spiro atoms. The van der Waals surface area contributed by atoms with Crippen molar-refractivity contribution < 1.29 is 0 Å². The number of hydrogen-bond acceptors (Lipinski definition) is 5. The third kappa shape index (κ3) is 4.08. The molecule has 2 aromatic heterocycles. The van der Waals surface area contributed by atoms with E-state index in [1.807, 2.05) is 30.3 Å². The van der Waals surface area contributed by atoms with Crippen LogP contribution in [0.15, 0.2) is 48.8 Å². The van der Waals surface area contributed by atoms with Crippen molar-refractivity contribution in [3.8, 4) is 11.4 Å². The summed E-state index contributed by atoms with van der Waals surface area (Å²) in [5.74, 6) is 2.32. The zero-order valence-electron chi connectivity index (χ0n) is 16.1. The fraction of sp³-hybridized carbons (Fsp3) is 0.409. The Morgan fingerprint density at radius 1 is 1.11 bits per heavy atom. The lowest BCUT2D eigenvalue weighted by Crippen LogP contribution is -2.41. The number of rotatable bonds is 5. The van der Waals surface area contributed by atoms with Crippen molar-refractivity contribution in [1.82, 2.24) is 19.9 Å². The van der Waals surface area contributed by atoms with Crippen LogP contribution in [0.2, 0.25) is 0 Å². The second-order valence-corrected chi connectivity index (χ2v) is 7.63. The highest BCUT2D eigenvalue weighted by molar-refractivity contribution is 5.90. The standard InChI is InChI=1S/C22H27N5/c1-16(2)27-13-5-6-17(15-27)14-24-22-19-7-3-4-8-20(19)25-21(26-22)18-9-11-23-12-10-18/h3-4,7-12,16-17H,5-6,13-15H2,1-2H3,(H,24,25,26). The van der Waals surface area contributed by atoms with E-state index in [2.05, 4.69) is 35.1 Å². The van der Waals surface area contributed by atoms with Crippen molar-refractivity contribution in [2.24, 2.45) is 5.92 Å². The number of para-hydroxylation sites is 1. The molecule has 1 aliphatic rings. The molecule has 1 N–H and O–H groups in total. The normalized spacial score (nSPS) is 18.1. The molecule has 0 radical (unpaired) electrons. The predicted molar refractivity (Wildman–Crippen MR) is 111 cm³/mol. The number of hydrogen-bond donors (Lipinski definition) is 1. The highest BCUT2D eigenvalue weighted by Crippen LogP contribution is 2.26. The second-order valence-electron chi connectivity index (χ2n) is 7.63. The molecule has 1 aliphatic heterocycles. The SMILES string of the molecule is CC(C)N1CCCC(CNc2nc(-c3ccncc3)nc3ccccc23)C1. The van der Waals surface area contributed by atoms with Crippen molar-refractivity contribution in [2.75, 3.05) is 25.0 Å². The minimum atomic E-state index is 0.617. The first kappa shape index (κ1) is 17.9. The van der Waals surface area contributed by atoms with E-state index in [0.717, 1.165) is 41.2 Å². The van der Waals surface area contributed by atoms with Gasteiger partial charge in [-0.2, -0.15) is 0 Å². The number of anilines is 1. The van der Waals surface area contributed by atoms with Gasteiger partial charge in [0.05, 0.1) is 5.52 Å². The molecular weight excluding hydrogens is 334 g/mol. The Morgan fingerprint density at radius 2 is 1.93 bits per heavy atom. The first-order valence-electron chi connectivity index (χ1n) is 9.86. The van der Waals surface area contributed by atoms with Gasteiger partial charge < -0.3 is 10.2 Å². The van der Waals surface area contributed by atoms with Gasteiger partial charge in [-0.3, -0.25) is 4.98 Å². The van der Waals surface area contributed by atoms with Gasteiger partial charge in [0.25, 0.3) is 0 Å². The molecule has 5 heteroatoms. The highest BCUT2D eigenvalue weighted by Gasteiger charge is 2.22. The maximum Gasteiger partial charge on any atom is 0.162 e. The van der Waals surface area contributed by atoms with Gasteiger partial charge in [0.15, 0.2) is 5.82 Å². The number of nitrogens with one attached hydrogen (secondary N) is 1. The topological polar surface area (TPSA) is 53.9 Å². The number of fused-ring (bicyclic) bond motifs is 1. The van der Waals surface area contributed by atoms with Crippen LogP contribution in [-0.2, 0) is 0 Å². The molecule has 1 aromatic carbocycles. The molecule has 0 aliphatic carbocycles. The summed E-state index contributed by atoms with van der Waals surface area (Å²) >= 11 is 0. The van der Waals surface area contributed by atoms with E-state index in [1.165, 1.54) is 19.4 Å². The molecule has 140 valence electrons. The Hall–Kier alpha value is -2.53. The van der Waals surface area contributed by atoms with Crippen LogP contribution in [0.5, 0.6) is 0 Å². The summed E-state index contributed by atoms with van der Waals surface area (Å²) in [6, 6.07) is 12.7. The molecule has 4 rings (SSSR count). The average Bonchev–Trinajstić information content (AvgIpc) is 2.72. The Morgan fingerprint density at radius 3 is 2.74 bits per heavy atom. The molecule has 3 aromatic rings. The van der Waals surface area contributed by atoms with Gasteiger partial charge in [-0.15, -0.1) is 0 Å². The predicted octanol–water partition coefficient (Wildman–Crippen LogP) is 4.22. The Bertz CT molecular complexity index is 894. The molecule has 1 fully saturated rings. The minimum absolute atomic E-state index is 0.617. The first-order chi connectivity index (χ1) is 13.2. The third-order valence-electron chi connectivity index (χ3n) is 5.38. The van der Waals surface area contributed by atoms with Crippen LogP contribution < -0.4 is 5.32 Å². The number of likely N-dealkylation sites (tertiary alicyclic amines) is 1. The van der Waals surface area contributed by atoms with Crippen LogP contribution in [0.25, 0.3) is 22.3 Å². The largest absolute Gasteiger partial charge is 0.369 e. The van der Waals surface area contributed by atoms with Crippen LogP contribution in [0, 0.1) is 5.92 Å². The lowest BCUT2D eigenvalue weighted by Gasteiger charge is -2.35. The number of aromatic nitrogens is 3. The fourth-order valence-electron chi connectivity index (χ4n) is 3.82. The fourth-order valence-corrected chi connectivity index (χ4v) is 3.82. The monoisotopic (exact) mass is 361 g/mol. The molecule has 5 nitrogen and oxygen atoms in total. The van der Waals surface area contributed by atoms with Crippen molar-refractivity contribution in [3.63, 3.8) is 0 Å². The molecular formula is C22H27N5. The zero-order chi connectivity index (χ0) is 18.6. The second kappa shape index (κ2) is 8.01. The molecule has 1 saturated heterocycles. The zero-order valence-corrected chi connectivity index (χ0v) is 16.1. The van der Waals surface area contributed by atoms with E-state index in [0.29, 0.717) is 12.0 Å². The smallest absolute Gasteiger partial charge is 0.162 e. The molecule has 0 bridgehead atoms. The van der Waals surface area contributed by atoms with Gasteiger partial charge in [0.1, 0.15) is 5.82 Å². The first-order valence-corrected chi connectivity index (χ1v) is 9.86. The van der Waals surface area contributed by atoms with Crippen LogP contribution in [0.1, 0.15) is 26.7 Å². The van der Waals surface area contributed by atoms with Gasteiger partial charge in [-0.05, 0) is 63.4 Å². The molecule has 3 heterocycles. The number of nitrogens with zero attached hydrogens (tertiary/aromatic N) is 4. The summed E-state index contributed by atoms with van der Waals surface area (Å²) in [6.07, 6.45) is 6.11. The lowest BCUT2D eigenvalue weighted by atomic mass is 9.97. The van der Waals surface area contributed by atoms with Crippen molar-refractivity contribution in [2.45, 2.75) is 32.7 Å². The van der Waals surface area contributed by atoms with Crippen LogP contribution in [0.4, 0.5) is 5.82 Å². The maximum absolute atomic E-state index is 4.85. The van der Waals surface area contributed by atoms with Gasteiger partial charge >= 0.3 is 0 Å². The molecule has 0 saturated carbocycles.